The highest BCUT2D eigenvalue weighted by atomic mass is 35.5. The summed E-state index contributed by atoms with van der Waals surface area (Å²) < 4.78 is 0. The minimum atomic E-state index is -0.464. The molecule has 2 atom stereocenters. The van der Waals surface area contributed by atoms with Gasteiger partial charge in [-0.2, -0.15) is 0 Å². The van der Waals surface area contributed by atoms with Crippen molar-refractivity contribution >= 4 is 29.1 Å². The number of halogens is 1. The van der Waals surface area contributed by atoms with Gasteiger partial charge in [0.2, 0.25) is 11.8 Å². The first-order valence-corrected chi connectivity index (χ1v) is 8.22. The maximum absolute atomic E-state index is 12.5. The van der Waals surface area contributed by atoms with E-state index in [2.05, 4.69) is 5.32 Å². The molecule has 1 heterocycles. The Bertz CT molecular complexity index is 588. The van der Waals surface area contributed by atoms with E-state index in [1.165, 1.54) is 0 Å². The highest BCUT2D eigenvalue weighted by Crippen LogP contribution is 2.27. The molecule has 2 rings (SSSR count). The molecule has 5 nitrogen and oxygen atoms in total. The smallest absolute Gasteiger partial charge is 0.227 e. The zero-order chi connectivity index (χ0) is 17.2. The number of carbonyl (C=O) groups excluding carboxylic acids is 2. The summed E-state index contributed by atoms with van der Waals surface area (Å²) in [6.45, 7) is 6.71. The van der Waals surface area contributed by atoms with Crippen molar-refractivity contribution in [2.45, 2.75) is 32.7 Å². The second kappa shape index (κ2) is 6.89. The van der Waals surface area contributed by atoms with Gasteiger partial charge in [-0.15, -0.1) is 0 Å². The number of nitrogens with two attached hydrogens (primary N) is 1. The van der Waals surface area contributed by atoms with Crippen molar-refractivity contribution in [3.05, 3.63) is 29.3 Å². The van der Waals surface area contributed by atoms with Crippen molar-refractivity contribution in [1.82, 2.24) is 5.32 Å². The van der Waals surface area contributed by atoms with Crippen LogP contribution >= 0.6 is 11.6 Å². The molecule has 2 unspecified atom stereocenters. The fourth-order valence-corrected chi connectivity index (χ4v) is 2.69. The van der Waals surface area contributed by atoms with E-state index < -0.39 is 5.54 Å². The van der Waals surface area contributed by atoms with Gasteiger partial charge in [-0.05, 0) is 37.1 Å². The lowest BCUT2D eigenvalue weighted by Crippen LogP contribution is -2.56. The minimum Gasteiger partial charge on any atom is -0.349 e. The molecule has 3 N–H and O–H groups in total. The number of hydrogen-bond donors (Lipinski definition) is 2. The van der Waals surface area contributed by atoms with Gasteiger partial charge < -0.3 is 16.0 Å². The van der Waals surface area contributed by atoms with Crippen LogP contribution < -0.4 is 16.0 Å². The van der Waals surface area contributed by atoms with Gasteiger partial charge >= 0.3 is 0 Å². The maximum atomic E-state index is 12.5. The van der Waals surface area contributed by atoms with E-state index in [1.54, 1.807) is 29.2 Å². The largest absolute Gasteiger partial charge is 0.349 e. The normalized spacial score (nSPS) is 20.7. The molecule has 0 saturated carbocycles. The quantitative estimate of drug-likeness (QED) is 0.864. The number of benzene rings is 1. The summed E-state index contributed by atoms with van der Waals surface area (Å²) in [7, 11) is 0. The van der Waals surface area contributed by atoms with Crippen molar-refractivity contribution in [2.75, 3.05) is 18.0 Å². The lowest BCUT2D eigenvalue weighted by molar-refractivity contribution is -0.128. The summed E-state index contributed by atoms with van der Waals surface area (Å²) in [5, 5.41) is 3.64. The molecule has 1 aromatic rings. The standard InChI is InChI=1S/C17H24ClN3O2/c1-11(2)17(3,10-19)20-16(23)12-8-15(22)21(9-12)14-6-4-13(18)5-7-14/h4-7,11-12H,8-10,19H2,1-3H3,(H,20,23). The van der Waals surface area contributed by atoms with Gasteiger partial charge in [-0.3, -0.25) is 9.59 Å². The molecule has 0 radical (unpaired) electrons. The first-order valence-electron chi connectivity index (χ1n) is 7.85. The molecule has 126 valence electrons. The van der Waals surface area contributed by atoms with Crippen molar-refractivity contribution < 1.29 is 9.59 Å². The predicted molar refractivity (Wildman–Crippen MR) is 92.4 cm³/mol. The first-order chi connectivity index (χ1) is 10.8. The Hall–Kier alpha value is -1.59. The number of carbonyl (C=O) groups is 2. The van der Waals surface area contributed by atoms with Crippen molar-refractivity contribution in [3.63, 3.8) is 0 Å². The summed E-state index contributed by atoms with van der Waals surface area (Å²) in [6.07, 6.45) is 0.215. The highest BCUT2D eigenvalue weighted by Gasteiger charge is 2.38. The van der Waals surface area contributed by atoms with Crippen LogP contribution in [0.25, 0.3) is 0 Å². The summed E-state index contributed by atoms with van der Waals surface area (Å²) >= 11 is 5.87. The zero-order valence-electron chi connectivity index (χ0n) is 13.8. The first kappa shape index (κ1) is 17.8. The Morgan fingerprint density at radius 3 is 2.57 bits per heavy atom. The number of hydrogen-bond acceptors (Lipinski definition) is 3. The lowest BCUT2D eigenvalue weighted by Gasteiger charge is -2.34. The zero-order valence-corrected chi connectivity index (χ0v) is 14.6. The third kappa shape index (κ3) is 3.85. The Labute approximate surface area is 142 Å². The molecule has 1 aromatic carbocycles. The number of nitrogens with one attached hydrogen (secondary N) is 1. The van der Waals surface area contributed by atoms with Gasteiger partial charge in [0, 0.05) is 30.2 Å². The summed E-state index contributed by atoms with van der Waals surface area (Å²) in [5.41, 5.74) is 6.11. The van der Waals surface area contributed by atoms with Gasteiger partial charge in [-0.1, -0.05) is 25.4 Å². The van der Waals surface area contributed by atoms with Crippen LogP contribution in [0.3, 0.4) is 0 Å². The van der Waals surface area contributed by atoms with Crippen LogP contribution in [0, 0.1) is 11.8 Å². The predicted octanol–water partition coefficient (Wildman–Crippen LogP) is 2.18. The third-order valence-corrected chi connectivity index (χ3v) is 4.99. The van der Waals surface area contributed by atoms with Gasteiger partial charge in [-0.25, -0.2) is 0 Å². The number of nitrogens with zero attached hydrogens (tertiary/aromatic N) is 1. The fraction of sp³-hybridized carbons (Fsp3) is 0.529. The molecule has 6 heteroatoms. The van der Waals surface area contributed by atoms with Crippen LogP contribution in [0.4, 0.5) is 5.69 Å². The molecule has 0 bridgehead atoms. The van der Waals surface area contributed by atoms with Crippen LogP contribution in [0.1, 0.15) is 27.2 Å². The van der Waals surface area contributed by atoms with E-state index in [0.29, 0.717) is 18.1 Å². The van der Waals surface area contributed by atoms with Crippen LogP contribution in [0.15, 0.2) is 24.3 Å². The van der Waals surface area contributed by atoms with Crippen LogP contribution in [0.2, 0.25) is 5.02 Å². The molecular weight excluding hydrogens is 314 g/mol. The molecular formula is C17H24ClN3O2. The SMILES string of the molecule is CC(C)C(C)(CN)NC(=O)C1CC(=O)N(c2ccc(Cl)cc2)C1. The average Bonchev–Trinajstić information content (AvgIpc) is 2.90. The molecule has 2 amide bonds. The topological polar surface area (TPSA) is 75.4 Å². The molecule has 0 aromatic heterocycles. The molecule has 23 heavy (non-hydrogen) atoms. The molecule has 0 spiro atoms. The monoisotopic (exact) mass is 337 g/mol. The second-order valence-corrected chi connectivity index (χ2v) is 7.08. The van der Waals surface area contributed by atoms with E-state index in [1.807, 2.05) is 20.8 Å². The Kier molecular flexibility index (Phi) is 5.32. The third-order valence-electron chi connectivity index (χ3n) is 4.74. The van der Waals surface area contributed by atoms with E-state index in [4.69, 9.17) is 17.3 Å². The van der Waals surface area contributed by atoms with E-state index >= 15 is 0 Å². The number of anilines is 1. The van der Waals surface area contributed by atoms with E-state index in [0.717, 1.165) is 5.69 Å². The van der Waals surface area contributed by atoms with E-state index in [9.17, 15) is 9.59 Å². The molecule has 1 aliphatic heterocycles. The van der Waals surface area contributed by atoms with Gasteiger partial charge in [0.25, 0.3) is 0 Å². The minimum absolute atomic E-state index is 0.0496. The second-order valence-electron chi connectivity index (χ2n) is 6.65. The van der Waals surface area contributed by atoms with Crippen LogP contribution in [-0.4, -0.2) is 30.4 Å². The van der Waals surface area contributed by atoms with Gasteiger partial charge in [0.1, 0.15) is 0 Å². The van der Waals surface area contributed by atoms with Gasteiger partial charge in [0.15, 0.2) is 0 Å². The Morgan fingerprint density at radius 1 is 1.43 bits per heavy atom. The van der Waals surface area contributed by atoms with Crippen molar-refractivity contribution in [2.24, 2.45) is 17.6 Å². The van der Waals surface area contributed by atoms with Crippen LogP contribution in [-0.2, 0) is 9.59 Å². The average molecular weight is 338 g/mol. The molecule has 1 aliphatic rings. The van der Waals surface area contributed by atoms with Crippen molar-refractivity contribution in [1.29, 1.82) is 0 Å². The molecule has 1 fully saturated rings. The molecule has 0 aliphatic carbocycles. The maximum Gasteiger partial charge on any atom is 0.227 e. The summed E-state index contributed by atoms with van der Waals surface area (Å²) in [5.74, 6) is -0.313. The Balaban J connectivity index is 2.07. The molecule has 1 saturated heterocycles. The number of amides is 2. The number of rotatable bonds is 5. The highest BCUT2D eigenvalue weighted by molar-refractivity contribution is 6.30. The fourth-order valence-electron chi connectivity index (χ4n) is 2.57. The lowest BCUT2D eigenvalue weighted by atomic mass is 9.87. The van der Waals surface area contributed by atoms with E-state index in [-0.39, 0.29) is 30.1 Å². The summed E-state index contributed by atoms with van der Waals surface area (Å²) in [4.78, 5) is 26.4. The summed E-state index contributed by atoms with van der Waals surface area (Å²) in [6, 6.07) is 7.06. The van der Waals surface area contributed by atoms with Crippen LogP contribution in [0.5, 0.6) is 0 Å². The van der Waals surface area contributed by atoms with Crippen molar-refractivity contribution in [3.8, 4) is 0 Å². The van der Waals surface area contributed by atoms with Gasteiger partial charge in [0.05, 0.1) is 11.5 Å². The Morgan fingerprint density at radius 2 is 2.04 bits per heavy atom.